The maximum Gasteiger partial charge on any atom is 0.328 e. The summed E-state index contributed by atoms with van der Waals surface area (Å²) in [5.41, 5.74) is 1.77. The number of hydrogen-bond acceptors (Lipinski definition) is 3. The lowest BCUT2D eigenvalue weighted by Crippen LogP contribution is -2.31. The van der Waals surface area contributed by atoms with Gasteiger partial charge >= 0.3 is 5.97 Å². The van der Waals surface area contributed by atoms with Gasteiger partial charge < -0.3 is 14.9 Å². The molecule has 2 rings (SSSR count). The molecule has 1 aromatic carbocycles. The van der Waals surface area contributed by atoms with E-state index in [0.717, 1.165) is 30.4 Å². The molecule has 1 aromatic rings. The quantitative estimate of drug-likeness (QED) is 0.821. The highest BCUT2D eigenvalue weighted by molar-refractivity contribution is 6.32. The molecule has 1 fully saturated rings. The van der Waals surface area contributed by atoms with E-state index in [-0.39, 0.29) is 0 Å². The molecule has 0 spiro atoms. The smallest absolute Gasteiger partial charge is 0.328 e. The number of aliphatic carboxylic acids is 1. The van der Waals surface area contributed by atoms with Gasteiger partial charge in [0.1, 0.15) is 0 Å². The van der Waals surface area contributed by atoms with E-state index >= 15 is 0 Å². The average molecular weight is 309 g/mol. The van der Waals surface area contributed by atoms with Crippen molar-refractivity contribution in [3.8, 4) is 0 Å². The molecule has 0 aliphatic carbocycles. The number of likely N-dealkylation sites (tertiary alicyclic amines) is 1. The lowest BCUT2D eigenvalue weighted by Gasteiger charge is -2.23. The predicted octanol–water partition coefficient (Wildman–Crippen LogP) is 2.97. The van der Waals surface area contributed by atoms with E-state index in [9.17, 15) is 4.79 Å². The minimum atomic E-state index is -0.974. The first-order valence-electron chi connectivity index (χ1n) is 7.20. The molecule has 1 heterocycles. The zero-order valence-corrected chi connectivity index (χ0v) is 13.0. The van der Waals surface area contributed by atoms with Crippen LogP contribution in [0.3, 0.4) is 0 Å². The average Bonchev–Trinajstić information content (AvgIpc) is 2.96. The van der Waals surface area contributed by atoms with Crippen molar-refractivity contribution in [3.63, 3.8) is 0 Å². The number of halogens is 1. The van der Waals surface area contributed by atoms with Gasteiger partial charge in [0.25, 0.3) is 0 Å². The molecule has 0 bridgehead atoms. The number of benzene rings is 1. The number of likely N-dealkylation sites (N-methyl/N-ethyl adjacent to an activating group) is 1. The highest BCUT2D eigenvalue weighted by Gasteiger charge is 2.12. The van der Waals surface area contributed by atoms with Crippen molar-refractivity contribution in [3.05, 3.63) is 34.9 Å². The van der Waals surface area contributed by atoms with Crippen molar-refractivity contribution in [2.24, 2.45) is 0 Å². The summed E-state index contributed by atoms with van der Waals surface area (Å²) in [6, 6.07) is 5.70. The van der Waals surface area contributed by atoms with Crippen molar-refractivity contribution in [1.29, 1.82) is 0 Å². The molecule has 0 amide bonds. The second kappa shape index (κ2) is 7.48. The van der Waals surface area contributed by atoms with Gasteiger partial charge in [-0.25, -0.2) is 4.79 Å². The molecule has 1 aliphatic heterocycles. The van der Waals surface area contributed by atoms with Crippen molar-refractivity contribution >= 4 is 29.3 Å². The van der Waals surface area contributed by atoms with Crippen LogP contribution in [-0.4, -0.2) is 49.2 Å². The lowest BCUT2D eigenvalue weighted by atomic mass is 10.2. The fourth-order valence-corrected chi connectivity index (χ4v) is 2.71. The highest BCUT2D eigenvalue weighted by Crippen LogP contribution is 2.24. The molecule has 0 atom stereocenters. The number of carbonyl (C=O) groups is 1. The Morgan fingerprint density at radius 3 is 2.76 bits per heavy atom. The molecule has 21 heavy (non-hydrogen) atoms. The van der Waals surface area contributed by atoms with Gasteiger partial charge in [-0.15, -0.1) is 0 Å². The van der Waals surface area contributed by atoms with Crippen molar-refractivity contribution in [2.75, 3.05) is 38.1 Å². The van der Waals surface area contributed by atoms with Crippen LogP contribution in [0.4, 0.5) is 5.69 Å². The largest absolute Gasteiger partial charge is 0.478 e. The summed E-state index contributed by atoms with van der Waals surface area (Å²) >= 11 is 6.20. The second-order valence-electron chi connectivity index (χ2n) is 5.35. The summed E-state index contributed by atoms with van der Waals surface area (Å²) < 4.78 is 0. The minimum Gasteiger partial charge on any atom is -0.478 e. The summed E-state index contributed by atoms with van der Waals surface area (Å²) in [6.45, 7) is 4.43. The van der Waals surface area contributed by atoms with E-state index in [2.05, 4.69) is 16.8 Å². The van der Waals surface area contributed by atoms with E-state index in [4.69, 9.17) is 16.7 Å². The molecule has 114 valence electrons. The van der Waals surface area contributed by atoms with Gasteiger partial charge in [0.05, 0.1) is 0 Å². The Morgan fingerprint density at radius 2 is 2.14 bits per heavy atom. The Balaban J connectivity index is 1.96. The normalized spacial score (nSPS) is 15.7. The number of carboxylic acid groups (broad SMARTS) is 1. The molecule has 4 nitrogen and oxygen atoms in total. The SMILES string of the molecule is CN(CCN1CCCC1)c1ccc(/C=C/C(=O)O)c(Cl)c1. The molecule has 0 aromatic heterocycles. The highest BCUT2D eigenvalue weighted by atomic mass is 35.5. The Kier molecular flexibility index (Phi) is 5.65. The Bertz CT molecular complexity index is 525. The Morgan fingerprint density at radius 1 is 1.43 bits per heavy atom. The summed E-state index contributed by atoms with van der Waals surface area (Å²) in [5.74, 6) is -0.974. The zero-order chi connectivity index (χ0) is 15.2. The van der Waals surface area contributed by atoms with Crippen molar-refractivity contribution < 1.29 is 9.90 Å². The van der Waals surface area contributed by atoms with Gasteiger partial charge in [-0.3, -0.25) is 0 Å². The third-order valence-electron chi connectivity index (χ3n) is 3.78. The second-order valence-corrected chi connectivity index (χ2v) is 5.75. The van der Waals surface area contributed by atoms with Gasteiger partial charge in [0.2, 0.25) is 0 Å². The molecule has 0 radical (unpaired) electrons. The molecule has 1 N–H and O–H groups in total. The van der Waals surface area contributed by atoms with Gasteiger partial charge in [-0.05, 0) is 49.7 Å². The number of rotatable bonds is 6. The zero-order valence-electron chi connectivity index (χ0n) is 12.3. The van der Waals surface area contributed by atoms with Crippen LogP contribution in [0.2, 0.25) is 5.02 Å². The first-order chi connectivity index (χ1) is 10.1. The van der Waals surface area contributed by atoms with Crippen LogP contribution in [0, 0.1) is 0 Å². The van der Waals surface area contributed by atoms with E-state index in [0.29, 0.717) is 5.02 Å². The molecule has 1 saturated heterocycles. The fraction of sp³-hybridized carbons (Fsp3) is 0.438. The molecule has 0 unspecified atom stereocenters. The van der Waals surface area contributed by atoms with E-state index < -0.39 is 5.97 Å². The topological polar surface area (TPSA) is 43.8 Å². The van der Waals surface area contributed by atoms with Crippen molar-refractivity contribution in [1.82, 2.24) is 4.90 Å². The monoisotopic (exact) mass is 308 g/mol. The Labute approximate surface area is 130 Å². The molecule has 0 saturated carbocycles. The maximum atomic E-state index is 10.5. The van der Waals surface area contributed by atoms with Crippen LogP contribution in [0.1, 0.15) is 18.4 Å². The van der Waals surface area contributed by atoms with Gasteiger partial charge in [-0.2, -0.15) is 0 Å². The Hall–Kier alpha value is -1.52. The minimum absolute atomic E-state index is 0.568. The van der Waals surface area contributed by atoms with Crippen LogP contribution in [-0.2, 0) is 4.79 Å². The number of hydrogen-bond donors (Lipinski definition) is 1. The summed E-state index contributed by atoms with van der Waals surface area (Å²) in [4.78, 5) is 15.2. The van der Waals surface area contributed by atoms with E-state index in [1.807, 2.05) is 18.2 Å². The van der Waals surface area contributed by atoms with Crippen molar-refractivity contribution in [2.45, 2.75) is 12.8 Å². The molecular formula is C16H21ClN2O2. The fourth-order valence-electron chi connectivity index (χ4n) is 2.48. The van der Waals surface area contributed by atoms with Crippen LogP contribution in [0.5, 0.6) is 0 Å². The third kappa shape index (κ3) is 4.76. The number of carboxylic acids is 1. The first kappa shape index (κ1) is 15.9. The summed E-state index contributed by atoms with van der Waals surface area (Å²) in [7, 11) is 2.05. The van der Waals surface area contributed by atoms with Gasteiger partial charge in [-0.1, -0.05) is 17.7 Å². The first-order valence-corrected chi connectivity index (χ1v) is 7.58. The third-order valence-corrected chi connectivity index (χ3v) is 4.11. The van der Waals surface area contributed by atoms with E-state index in [1.165, 1.54) is 32.0 Å². The predicted molar refractivity (Wildman–Crippen MR) is 87.1 cm³/mol. The maximum absolute atomic E-state index is 10.5. The molecule has 5 heteroatoms. The standard InChI is InChI=1S/C16H21ClN2O2/c1-18(10-11-19-8-2-3-9-19)14-6-4-13(15(17)12-14)5-7-16(20)21/h4-7,12H,2-3,8-11H2,1H3,(H,20,21)/b7-5+. The van der Waals surface area contributed by atoms with Gasteiger partial charge in [0, 0.05) is 36.9 Å². The van der Waals surface area contributed by atoms with Crippen LogP contribution in [0.15, 0.2) is 24.3 Å². The van der Waals surface area contributed by atoms with Crippen LogP contribution in [0.25, 0.3) is 6.08 Å². The summed E-state index contributed by atoms with van der Waals surface area (Å²) in [6.07, 6.45) is 5.22. The van der Waals surface area contributed by atoms with Crippen LogP contribution < -0.4 is 4.90 Å². The number of anilines is 1. The van der Waals surface area contributed by atoms with E-state index in [1.54, 1.807) is 0 Å². The molecule has 1 aliphatic rings. The van der Waals surface area contributed by atoms with Crippen LogP contribution >= 0.6 is 11.6 Å². The lowest BCUT2D eigenvalue weighted by molar-refractivity contribution is -0.131. The summed E-state index contributed by atoms with van der Waals surface area (Å²) in [5, 5.41) is 9.21. The van der Waals surface area contributed by atoms with Gasteiger partial charge in [0.15, 0.2) is 0 Å². The molecular weight excluding hydrogens is 288 g/mol. The number of nitrogens with zero attached hydrogens (tertiary/aromatic N) is 2.